The van der Waals surface area contributed by atoms with Gasteiger partial charge in [-0.05, 0) is 45.0 Å². The van der Waals surface area contributed by atoms with E-state index in [1.165, 1.54) is 0 Å². The molecule has 0 N–H and O–H groups in total. The van der Waals surface area contributed by atoms with Gasteiger partial charge in [-0.25, -0.2) is 4.98 Å². The second-order valence-corrected chi connectivity index (χ2v) is 5.80. The van der Waals surface area contributed by atoms with Crippen molar-refractivity contribution in [1.29, 1.82) is 0 Å². The first-order valence-electron chi connectivity index (χ1n) is 7.44. The van der Waals surface area contributed by atoms with Crippen LogP contribution in [0.5, 0.6) is 0 Å². The van der Waals surface area contributed by atoms with Crippen molar-refractivity contribution < 1.29 is 0 Å². The summed E-state index contributed by atoms with van der Waals surface area (Å²) in [7, 11) is 0. The lowest BCUT2D eigenvalue weighted by Gasteiger charge is -2.15. The number of hydrogen-bond acceptors (Lipinski definition) is 3. The van der Waals surface area contributed by atoms with Gasteiger partial charge in [0.05, 0.1) is 17.2 Å². The number of nitrogens with zero attached hydrogens (tertiary/aromatic N) is 3. The Morgan fingerprint density at radius 2 is 2.00 bits per heavy atom. The lowest BCUT2D eigenvalue weighted by molar-refractivity contribution is 0.517. The maximum Gasteiger partial charge on any atom is 0.261 e. The molecule has 3 aromatic rings. The van der Waals surface area contributed by atoms with E-state index in [0.717, 1.165) is 22.5 Å². The van der Waals surface area contributed by atoms with Crippen LogP contribution < -0.4 is 5.56 Å². The summed E-state index contributed by atoms with van der Waals surface area (Å²) in [6, 6.07) is 11.7. The summed E-state index contributed by atoms with van der Waals surface area (Å²) in [4.78, 5) is 21.6. The maximum absolute atomic E-state index is 12.7. The molecule has 2 aromatic heterocycles. The van der Waals surface area contributed by atoms with Crippen molar-refractivity contribution in [2.75, 3.05) is 0 Å². The summed E-state index contributed by atoms with van der Waals surface area (Å²) in [6.07, 6.45) is 2.35. The normalized spacial score (nSPS) is 12.5. The van der Waals surface area contributed by atoms with Crippen LogP contribution in [0, 0.1) is 13.8 Å². The van der Waals surface area contributed by atoms with E-state index in [2.05, 4.69) is 9.97 Å². The Morgan fingerprint density at radius 3 is 2.77 bits per heavy atom. The van der Waals surface area contributed by atoms with Crippen LogP contribution >= 0.6 is 0 Å². The standard InChI is InChI=1S/C18H19N3O/c1-12-7-8-17-16(9-12)18(22)21(11-19-17)14(3)10-15-6-4-5-13(2)20-15/h4-9,11,14H,10H2,1-3H3. The van der Waals surface area contributed by atoms with E-state index in [1.54, 1.807) is 10.9 Å². The molecular weight excluding hydrogens is 274 g/mol. The third kappa shape index (κ3) is 2.77. The number of fused-ring (bicyclic) bond motifs is 1. The third-order valence-electron chi connectivity index (χ3n) is 3.86. The molecule has 0 radical (unpaired) electrons. The van der Waals surface area contributed by atoms with Crippen molar-refractivity contribution in [2.45, 2.75) is 33.2 Å². The number of hydrogen-bond donors (Lipinski definition) is 0. The molecule has 1 aromatic carbocycles. The fraction of sp³-hybridized carbons (Fsp3) is 0.278. The van der Waals surface area contributed by atoms with Crippen molar-refractivity contribution in [3.8, 4) is 0 Å². The molecule has 4 nitrogen and oxygen atoms in total. The molecule has 4 heteroatoms. The van der Waals surface area contributed by atoms with E-state index in [9.17, 15) is 4.79 Å². The third-order valence-corrected chi connectivity index (χ3v) is 3.86. The number of rotatable bonds is 3. The van der Waals surface area contributed by atoms with Crippen LogP contribution in [-0.4, -0.2) is 14.5 Å². The smallest absolute Gasteiger partial charge is 0.261 e. The van der Waals surface area contributed by atoms with Crippen molar-refractivity contribution >= 4 is 10.9 Å². The predicted molar refractivity (Wildman–Crippen MR) is 88.1 cm³/mol. The highest BCUT2D eigenvalue weighted by atomic mass is 16.1. The van der Waals surface area contributed by atoms with Crippen LogP contribution in [0.3, 0.4) is 0 Å². The average Bonchev–Trinajstić information content (AvgIpc) is 2.48. The molecule has 3 rings (SSSR count). The molecular formula is C18H19N3O. The van der Waals surface area contributed by atoms with Crippen molar-refractivity contribution in [1.82, 2.24) is 14.5 Å². The Hall–Kier alpha value is -2.49. The zero-order valence-corrected chi connectivity index (χ0v) is 13.1. The molecule has 0 saturated heterocycles. The van der Waals surface area contributed by atoms with E-state index in [0.29, 0.717) is 11.8 Å². The molecule has 2 heterocycles. The maximum atomic E-state index is 12.7. The molecule has 0 fully saturated rings. The van der Waals surface area contributed by atoms with Crippen LogP contribution in [0.15, 0.2) is 47.5 Å². The van der Waals surface area contributed by atoms with Crippen LogP contribution in [0.25, 0.3) is 10.9 Å². The Bertz CT molecular complexity index is 883. The van der Waals surface area contributed by atoms with Gasteiger partial charge in [0.2, 0.25) is 0 Å². The zero-order valence-electron chi connectivity index (χ0n) is 13.1. The predicted octanol–water partition coefficient (Wildman–Crippen LogP) is 3.21. The minimum Gasteiger partial charge on any atom is -0.295 e. The number of pyridine rings is 1. The topological polar surface area (TPSA) is 47.8 Å². The highest BCUT2D eigenvalue weighted by molar-refractivity contribution is 5.77. The Balaban J connectivity index is 1.99. The monoisotopic (exact) mass is 293 g/mol. The van der Waals surface area contributed by atoms with Crippen LogP contribution in [0.2, 0.25) is 0 Å². The number of benzene rings is 1. The Kier molecular flexibility index (Phi) is 3.75. The molecule has 112 valence electrons. The van der Waals surface area contributed by atoms with Crippen molar-refractivity contribution in [2.24, 2.45) is 0 Å². The summed E-state index contributed by atoms with van der Waals surface area (Å²) in [5.74, 6) is 0. The average molecular weight is 293 g/mol. The van der Waals surface area contributed by atoms with Gasteiger partial charge in [0, 0.05) is 23.9 Å². The molecule has 1 unspecified atom stereocenters. The first-order valence-corrected chi connectivity index (χ1v) is 7.44. The second-order valence-electron chi connectivity index (χ2n) is 5.80. The molecule has 0 aliphatic carbocycles. The summed E-state index contributed by atoms with van der Waals surface area (Å²) >= 11 is 0. The number of aryl methyl sites for hydroxylation is 2. The van der Waals surface area contributed by atoms with Gasteiger partial charge in [-0.3, -0.25) is 14.3 Å². The minimum absolute atomic E-state index is 0.00820. The van der Waals surface area contributed by atoms with E-state index in [4.69, 9.17) is 0 Å². The fourth-order valence-corrected chi connectivity index (χ4v) is 2.68. The molecule has 0 aliphatic heterocycles. The van der Waals surface area contributed by atoms with Gasteiger partial charge >= 0.3 is 0 Å². The van der Waals surface area contributed by atoms with Crippen LogP contribution in [-0.2, 0) is 6.42 Å². The molecule has 0 aliphatic rings. The lowest BCUT2D eigenvalue weighted by Crippen LogP contribution is -2.25. The van der Waals surface area contributed by atoms with E-state index < -0.39 is 0 Å². The summed E-state index contributed by atoms with van der Waals surface area (Å²) in [6.45, 7) is 5.98. The van der Waals surface area contributed by atoms with E-state index in [1.807, 2.05) is 57.2 Å². The van der Waals surface area contributed by atoms with Crippen molar-refractivity contribution in [3.05, 3.63) is 70.0 Å². The van der Waals surface area contributed by atoms with E-state index >= 15 is 0 Å². The molecule has 0 spiro atoms. The van der Waals surface area contributed by atoms with Gasteiger partial charge in [-0.1, -0.05) is 17.7 Å². The number of aromatic nitrogens is 3. The van der Waals surface area contributed by atoms with Crippen molar-refractivity contribution in [3.63, 3.8) is 0 Å². The molecule has 0 saturated carbocycles. The fourth-order valence-electron chi connectivity index (χ4n) is 2.68. The SMILES string of the molecule is Cc1ccc2ncn(C(C)Cc3cccc(C)n3)c(=O)c2c1. The van der Waals surface area contributed by atoms with Crippen LogP contribution in [0.1, 0.15) is 29.9 Å². The van der Waals surface area contributed by atoms with Gasteiger partial charge in [-0.15, -0.1) is 0 Å². The summed E-state index contributed by atoms with van der Waals surface area (Å²) in [5.41, 5.74) is 3.80. The largest absolute Gasteiger partial charge is 0.295 e. The second kappa shape index (κ2) is 5.72. The Morgan fingerprint density at radius 1 is 1.18 bits per heavy atom. The molecule has 1 atom stereocenters. The Labute approximate surface area is 129 Å². The highest BCUT2D eigenvalue weighted by Gasteiger charge is 2.11. The van der Waals surface area contributed by atoms with Gasteiger partial charge < -0.3 is 0 Å². The van der Waals surface area contributed by atoms with Gasteiger partial charge in [0.25, 0.3) is 5.56 Å². The lowest BCUT2D eigenvalue weighted by atomic mass is 10.1. The summed E-state index contributed by atoms with van der Waals surface area (Å²) < 4.78 is 1.70. The van der Waals surface area contributed by atoms with E-state index in [-0.39, 0.29) is 11.6 Å². The van der Waals surface area contributed by atoms with Crippen LogP contribution in [0.4, 0.5) is 0 Å². The molecule has 22 heavy (non-hydrogen) atoms. The van der Waals surface area contributed by atoms with Gasteiger partial charge in [0.15, 0.2) is 0 Å². The zero-order chi connectivity index (χ0) is 15.7. The molecule has 0 bridgehead atoms. The van der Waals surface area contributed by atoms with Gasteiger partial charge in [0.1, 0.15) is 0 Å². The molecule has 0 amide bonds. The quantitative estimate of drug-likeness (QED) is 0.745. The summed E-state index contributed by atoms with van der Waals surface area (Å²) in [5, 5.41) is 0.673. The first-order chi connectivity index (χ1) is 10.5. The van der Waals surface area contributed by atoms with Gasteiger partial charge in [-0.2, -0.15) is 0 Å². The first kappa shape index (κ1) is 14.4. The highest BCUT2D eigenvalue weighted by Crippen LogP contribution is 2.14. The minimum atomic E-state index is 0.00820.